The first-order chi connectivity index (χ1) is 7.70. The van der Waals surface area contributed by atoms with Crippen LogP contribution in [0.1, 0.15) is 12.8 Å². The van der Waals surface area contributed by atoms with Gasteiger partial charge in [-0.3, -0.25) is 9.59 Å². The summed E-state index contributed by atoms with van der Waals surface area (Å²) in [6, 6.07) is 0. The molecule has 7 heteroatoms. The lowest BCUT2D eigenvalue weighted by Crippen LogP contribution is -2.34. The van der Waals surface area contributed by atoms with Gasteiger partial charge in [0, 0.05) is 39.0 Å². The normalized spacial score (nSPS) is 9.88. The van der Waals surface area contributed by atoms with Gasteiger partial charge in [-0.25, -0.2) is 0 Å². The second-order valence-corrected chi connectivity index (χ2v) is 3.19. The molecule has 0 rings (SSSR count). The molecule has 0 heterocycles. The van der Waals surface area contributed by atoms with Crippen LogP contribution in [0.5, 0.6) is 0 Å². The molecular weight excluding hydrogens is 210 g/mol. The van der Waals surface area contributed by atoms with Crippen molar-refractivity contribution in [3.63, 3.8) is 0 Å². The Morgan fingerprint density at radius 2 is 1.44 bits per heavy atom. The Morgan fingerprint density at radius 3 is 1.94 bits per heavy atom. The Morgan fingerprint density at radius 1 is 0.875 bits per heavy atom. The van der Waals surface area contributed by atoms with Gasteiger partial charge in [0.2, 0.25) is 11.8 Å². The molecule has 2 amide bonds. The zero-order valence-corrected chi connectivity index (χ0v) is 9.42. The maximum Gasteiger partial charge on any atom is 0.222 e. The van der Waals surface area contributed by atoms with Crippen LogP contribution in [0, 0.1) is 0 Å². The van der Waals surface area contributed by atoms with Gasteiger partial charge in [-0.1, -0.05) is 0 Å². The second kappa shape index (κ2) is 10.3. The van der Waals surface area contributed by atoms with Crippen LogP contribution in [0.25, 0.3) is 0 Å². The summed E-state index contributed by atoms with van der Waals surface area (Å²) >= 11 is 0. The van der Waals surface area contributed by atoms with Crippen LogP contribution in [0.4, 0.5) is 0 Å². The van der Waals surface area contributed by atoms with Crippen LogP contribution in [0.3, 0.4) is 0 Å². The van der Waals surface area contributed by atoms with Crippen molar-refractivity contribution in [3.8, 4) is 0 Å². The first kappa shape index (κ1) is 14.8. The third-order valence-corrected chi connectivity index (χ3v) is 1.82. The molecule has 0 aromatic carbocycles. The number of rotatable bonds is 9. The van der Waals surface area contributed by atoms with Crippen LogP contribution in [0.2, 0.25) is 0 Å². The molecule has 7 N–H and O–H groups in total. The number of hydrogen-bond acceptors (Lipinski definition) is 5. The van der Waals surface area contributed by atoms with Gasteiger partial charge >= 0.3 is 0 Å². The third-order valence-electron chi connectivity index (χ3n) is 1.82. The monoisotopic (exact) mass is 231 g/mol. The summed E-state index contributed by atoms with van der Waals surface area (Å²) in [6.45, 7) is 2.18. The van der Waals surface area contributed by atoms with Gasteiger partial charge in [0.05, 0.1) is 6.67 Å². The highest BCUT2D eigenvalue weighted by atomic mass is 16.2. The number of amides is 2. The van der Waals surface area contributed by atoms with Gasteiger partial charge in [0.25, 0.3) is 0 Å². The third kappa shape index (κ3) is 9.38. The molecular formula is C9H21N5O2. The Hall–Kier alpha value is -1.18. The maximum absolute atomic E-state index is 11.1. The first-order valence-electron chi connectivity index (χ1n) is 5.35. The van der Waals surface area contributed by atoms with E-state index in [-0.39, 0.29) is 18.5 Å². The second-order valence-electron chi connectivity index (χ2n) is 3.19. The van der Waals surface area contributed by atoms with Crippen LogP contribution < -0.4 is 27.4 Å². The van der Waals surface area contributed by atoms with Gasteiger partial charge in [-0.2, -0.15) is 0 Å². The van der Waals surface area contributed by atoms with Crippen molar-refractivity contribution in [2.75, 3.05) is 32.8 Å². The minimum atomic E-state index is -0.0948. The predicted octanol–water partition coefficient (Wildman–Crippen LogP) is -2.54. The van der Waals surface area contributed by atoms with E-state index >= 15 is 0 Å². The zero-order chi connectivity index (χ0) is 12.2. The van der Waals surface area contributed by atoms with Gasteiger partial charge < -0.3 is 27.4 Å². The highest BCUT2D eigenvalue weighted by molar-refractivity contribution is 5.76. The van der Waals surface area contributed by atoms with Crippen molar-refractivity contribution in [3.05, 3.63) is 0 Å². The SMILES string of the molecule is NCCNC(=O)CCNCCC(=O)NCN. The lowest BCUT2D eigenvalue weighted by Gasteiger charge is -2.05. The maximum atomic E-state index is 11.1. The smallest absolute Gasteiger partial charge is 0.222 e. The van der Waals surface area contributed by atoms with E-state index < -0.39 is 0 Å². The number of nitrogens with one attached hydrogen (secondary N) is 3. The molecule has 0 aliphatic rings. The van der Waals surface area contributed by atoms with E-state index in [0.29, 0.717) is 39.0 Å². The Balaban J connectivity index is 3.26. The van der Waals surface area contributed by atoms with Crippen molar-refractivity contribution in [2.24, 2.45) is 11.5 Å². The summed E-state index contributed by atoms with van der Waals surface area (Å²) in [5, 5.41) is 8.12. The Labute approximate surface area is 95.3 Å². The molecule has 0 aromatic rings. The lowest BCUT2D eigenvalue weighted by atomic mass is 10.3. The predicted molar refractivity (Wildman–Crippen MR) is 61.4 cm³/mol. The van der Waals surface area contributed by atoms with E-state index in [1.165, 1.54) is 0 Å². The van der Waals surface area contributed by atoms with Crippen LogP contribution in [-0.2, 0) is 9.59 Å². The van der Waals surface area contributed by atoms with Gasteiger partial charge in [0.15, 0.2) is 0 Å². The van der Waals surface area contributed by atoms with Gasteiger partial charge in [-0.15, -0.1) is 0 Å². The highest BCUT2D eigenvalue weighted by Gasteiger charge is 2.00. The standard InChI is InChI=1S/C9H21N5O2/c10-3-6-13-8(15)1-4-12-5-2-9(16)14-7-11/h12H,1-7,10-11H2,(H,13,15)(H,14,16). The molecule has 0 unspecified atom stereocenters. The Bertz CT molecular complexity index is 210. The molecule has 0 fully saturated rings. The molecule has 0 saturated heterocycles. The molecule has 7 nitrogen and oxygen atoms in total. The summed E-state index contributed by atoms with van der Waals surface area (Å²) in [6.07, 6.45) is 0.750. The number of carbonyl (C=O) groups is 2. The van der Waals surface area contributed by atoms with Crippen molar-refractivity contribution in [2.45, 2.75) is 12.8 Å². The van der Waals surface area contributed by atoms with Crippen LogP contribution in [-0.4, -0.2) is 44.7 Å². The minimum Gasteiger partial charge on any atom is -0.355 e. The summed E-state index contributed by atoms with van der Waals surface area (Å²) in [5.41, 5.74) is 10.4. The number of hydrogen-bond donors (Lipinski definition) is 5. The van der Waals surface area contributed by atoms with E-state index in [0.717, 1.165) is 0 Å². The van der Waals surface area contributed by atoms with E-state index in [2.05, 4.69) is 16.0 Å². The van der Waals surface area contributed by atoms with Gasteiger partial charge in [0.1, 0.15) is 0 Å². The van der Waals surface area contributed by atoms with Crippen molar-refractivity contribution in [1.82, 2.24) is 16.0 Å². The van der Waals surface area contributed by atoms with E-state index in [1.54, 1.807) is 0 Å². The summed E-state index contributed by atoms with van der Waals surface area (Å²) in [4.78, 5) is 22.1. The lowest BCUT2D eigenvalue weighted by molar-refractivity contribution is -0.121. The Kier molecular flexibility index (Phi) is 9.58. The number of nitrogens with two attached hydrogens (primary N) is 2. The molecule has 0 spiro atoms. The average Bonchev–Trinajstić information content (AvgIpc) is 2.26. The van der Waals surface area contributed by atoms with Crippen molar-refractivity contribution in [1.29, 1.82) is 0 Å². The molecule has 0 saturated carbocycles. The fraction of sp³-hybridized carbons (Fsp3) is 0.778. The topological polar surface area (TPSA) is 122 Å². The van der Waals surface area contributed by atoms with Crippen molar-refractivity contribution >= 4 is 11.8 Å². The highest BCUT2D eigenvalue weighted by Crippen LogP contribution is 1.79. The van der Waals surface area contributed by atoms with E-state index in [4.69, 9.17) is 11.5 Å². The van der Waals surface area contributed by atoms with E-state index in [9.17, 15) is 9.59 Å². The van der Waals surface area contributed by atoms with Crippen LogP contribution >= 0.6 is 0 Å². The van der Waals surface area contributed by atoms with Crippen LogP contribution in [0.15, 0.2) is 0 Å². The largest absolute Gasteiger partial charge is 0.355 e. The molecule has 0 aliphatic carbocycles. The quantitative estimate of drug-likeness (QED) is 0.221. The summed E-state index contributed by atoms with van der Waals surface area (Å²) in [7, 11) is 0. The molecule has 0 bridgehead atoms. The average molecular weight is 231 g/mol. The van der Waals surface area contributed by atoms with Crippen molar-refractivity contribution < 1.29 is 9.59 Å². The number of carbonyl (C=O) groups excluding carboxylic acids is 2. The first-order valence-corrected chi connectivity index (χ1v) is 5.35. The fourth-order valence-corrected chi connectivity index (χ4v) is 1.03. The molecule has 16 heavy (non-hydrogen) atoms. The minimum absolute atomic E-state index is 0.0376. The van der Waals surface area contributed by atoms with E-state index in [1.807, 2.05) is 0 Å². The molecule has 0 aliphatic heterocycles. The fourth-order valence-electron chi connectivity index (χ4n) is 1.03. The zero-order valence-electron chi connectivity index (χ0n) is 9.42. The summed E-state index contributed by atoms with van der Waals surface area (Å²) < 4.78 is 0. The molecule has 0 aromatic heterocycles. The molecule has 94 valence electrons. The van der Waals surface area contributed by atoms with Gasteiger partial charge in [-0.05, 0) is 0 Å². The summed E-state index contributed by atoms with van der Waals surface area (Å²) in [5.74, 6) is -0.132. The molecule has 0 radical (unpaired) electrons. The molecule has 0 atom stereocenters.